The number of carbonyl (C=O) groups is 2. The van der Waals surface area contributed by atoms with Crippen molar-refractivity contribution in [3.8, 4) is 0 Å². The molecule has 0 saturated heterocycles. The Morgan fingerprint density at radius 2 is 1.70 bits per heavy atom. The predicted molar refractivity (Wildman–Crippen MR) is 75.9 cm³/mol. The Kier molecular flexibility index (Phi) is 5.59. The highest BCUT2D eigenvalue weighted by Crippen LogP contribution is 2.24. The van der Waals surface area contributed by atoms with Crippen LogP contribution in [0.25, 0.3) is 0 Å². The lowest BCUT2D eigenvalue weighted by molar-refractivity contribution is -0.137. The van der Waals surface area contributed by atoms with Crippen molar-refractivity contribution in [2.45, 2.75) is 31.7 Å². The normalized spacial score (nSPS) is 20.9. The highest BCUT2D eigenvalue weighted by atomic mass is 19.1. The Hall–Kier alpha value is -2.09. The molecule has 23 heavy (non-hydrogen) atoms. The Labute approximate surface area is 130 Å². The summed E-state index contributed by atoms with van der Waals surface area (Å²) in [5.74, 6) is -6.21. The maximum atomic E-state index is 13.5. The largest absolute Gasteiger partial charge is 0.396 e. The zero-order valence-electron chi connectivity index (χ0n) is 12.2. The molecular formula is C15H17F3N2O3. The molecule has 0 bridgehead atoms. The molecule has 1 saturated carbocycles. The molecular weight excluding hydrogens is 313 g/mol. The molecule has 2 atom stereocenters. The fourth-order valence-corrected chi connectivity index (χ4v) is 2.68. The SMILES string of the molecule is O=C(Nc1c(F)cc(F)cc1F)C(=O)NC1CCCCC1CO. The van der Waals surface area contributed by atoms with Crippen LogP contribution in [0.4, 0.5) is 18.9 Å². The van der Waals surface area contributed by atoms with E-state index in [4.69, 9.17) is 0 Å². The topological polar surface area (TPSA) is 78.4 Å². The number of aliphatic hydroxyl groups excluding tert-OH is 1. The maximum absolute atomic E-state index is 13.5. The minimum absolute atomic E-state index is 0.117. The van der Waals surface area contributed by atoms with Gasteiger partial charge in [0.15, 0.2) is 11.6 Å². The van der Waals surface area contributed by atoms with Crippen LogP contribution in [0.2, 0.25) is 0 Å². The third kappa shape index (κ3) is 4.22. The second-order valence-electron chi connectivity index (χ2n) is 5.51. The first kappa shape index (κ1) is 17.3. The third-order valence-corrected chi connectivity index (χ3v) is 3.91. The van der Waals surface area contributed by atoms with Crippen LogP contribution in [-0.4, -0.2) is 29.6 Å². The van der Waals surface area contributed by atoms with Crippen molar-refractivity contribution >= 4 is 17.5 Å². The summed E-state index contributed by atoms with van der Waals surface area (Å²) in [6, 6.07) is 0.439. The molecule has 3 N–H and O–H groups in total. The van der Waals surface area contributed by atoms with Gasteiger partial charge in [-0.05, 0) is 12.8 Å². The van der Waals surface area contributed by atoms with E-state index < -0.39 is 35.0 Å². The number of amides is 2. The summed E-state index contributed by atoms with van der Waals surface area (Å²) >= 11 is 0. The lowest BCUT2D eigenvalue weighted by Crippen LogP contribution is -2.47. The zero-order chi connectivity index (χ0) is 17.0. The second-order valence-corrected chi connectivity index (χ2v) is 5.51. The van der Waals surface area contributed by atoms with E-state index in [0.29, 0.717) is 18.6 Å². The van der Waals surface area contributed by atoms with Crippen molar-refractivity contribution in [1.82, 2.24) is 5.32 Å². The van der Waals surface area contributed by atoms with Crippen molar-refractivity contribution in [2.75, 3.05) is 11.9 Å². The Bertz CT molecular complexity index is 587. The van der Waals surface area contributed by atoms with Crippen molar-refractivity contribution in [2.24, 2.45) is 5.92 Å². The first-order valence-electron chi connectivity index (χ1n) is 7.29. The van der Waals surface area contributed by atoms with E-state index in [0.717, 1.165) is 19.3 Å². The number of rotatable bonds is 3. The third-order valence-electron chi connectivity index (χ3n) is 3.91. The van der Waals surface area contributed by atoms with Gasteiger partial charge < -0.3 is 15.7 Å². The number of benzene rings is 1. The molecule has 8 heteroatoms. The van der Waals surface area contributed by atoms with Gasteiger partial charge >= 0.3 is 11.8 Å². The Morgan fingerprint density at radius 1 is 1.09 bits per heavy atom. The van der Waals surface area contributed by atoms with Crippen molar-refractivity contribution in [3.63, 3.8) is 0 Å². The van der Waals surface area contributed by atoms with Gasteiger partial charge in [-0.3, -0.25) is 9.59 Å². The number of aliphatic hydroxyl groups is 1. The van der Waals surface area contributed by atoms with Crippen molar-refractivity contribution in [1.29, 1.82) is 0 Å². The van der Waals surface area contributed by atoms with Crippen LogP contribution >= 0.6 is 0 Å². The van der Waals surface area contributed by atoms with E-state index in [1.807, 2.05) is 0 Å². The molecule has 2 unspecified atom stereocenters. The molecule has 2 rings (SSSR count). The minimum Gasteiger partial charge on any atom is -0.396 e. The van der Waals surface area contributed by atoms with E-state index in [1.54, 1.807) is 5.32 Å². The minimum atomic E-state index is -1.31. The summed E-state index contributed by atoms with van der Waals surface area (Å²) in [4.78, 5) is 23.6. The van der Waals surface area contributed by atoms with E-state index in [2.05, 4.69) is 5.32 Å². The standard InChI is InChI=1S/C15H17F3N2O3/c16-9-5-10(17)13(11(18)6-9)20-15(23)14(22)19-12-4-2-1-3-8(12)7-21/h5-6,8,12,21H,1-4,7H2,(H,19,22)(H,20,23). The number of hydrogen-bond acceptors (Lipinski definition) is 3. The van der Waals surface area contributed by atoms with E-state index in [-0.39, 0.29) is 18.6 Å². The smallest absolute Gasteiger partial charge is 0.313 e. The highest BCUT2D eigenvalue weighted by Gasteiger charge is 2.28. The molecule has 0 radical (unpaired) electrons. The van der Waals surface area contributed by atoms with Crippen LogP contribution in [0, 0.1) is 23.4 Å². The lowest BCUT2D eigenvalue weighted by Gasteiger charge is -2.30. The molecule has 0 aromatic heterocycles. The number of halogens is 3. The molecule has 1 aromatic rings. The lowest BCUT2D eigenvalue weighted by atomic mass is 9.85. The molecule has 2 amide bonds. The van der Waals surface area contributed by atoms with E-state index >= 15 is 0 Å². The first-order chi connectivity index (χ1) is 10.9. The Balaban J connectivity index is 2.02. The number of hydrogen-bond donors (Lipinski definition) is 3. The average molecular weight is 330 g/mol. The average Bonchev–Trinajstić information content (AvgIpc) is 2.51. The van der Waals surface area contributed by atoms with Gasteiger partial charge in [0.25, 0.3) is 0 Å². The number of anilines is 1. The van der Waals surface area contributed by atoms with Crippen LogP contribution in [-0.2, 0) is 9.59 Å². The van der Waals surface area contributed by atoms with Crippen molar-refractivity contribution < 1.29 is 27.9 Å². The molecule has 1 fully saturated rings. The van der Waals surface area contributed by atoms with Gasteiger partial charge in [-0.1, -0.05) is 12.8 Å². The van der Waals surface area contributed by atoms with Gasteiger partial charge in [-0.15, -0.1) is 0 Å². The van der Waals surface area contributed by atoms with Crippen LogP contribution in [0.3, 0.4) is 0 Å². The fourth-order valence-electron chi connectivity index (χ4n) is 2.68. The molecule has 0 aliphatic heterocycles. The van der Waals surface area contributed by atoms with Gasteiger partial charge in [-0.25, -0.2) is 13.2 Å². The van der Waals surface area contributed by atoms with Crippen LogP contribution in [0.15, 0.2) is 12.1 Å². The zero-order valence-corrected chi connectivity index (χ0v) is 12.2. The summed E-state index contributed by atoms with van der Waals surface area (Å²) in [5.41, 5.74) is -0.881. The van der Waals surface area contributed by atoms with E-state index in [9.17, 15) is 27.9 Å². The van der Waals surface area contributed by atoms with Gasteiger partial charge in [0.05, 0.1) is 0 Å². The van der Waals surface area contributed by atoms with Gasteiger partial charge in [0, 0.05) is 30.7 Å². The summed E-state index contributed by atoms with van der Waals surface area (Å²) in [6.45, 7) is -0.117. The van der Waals surface area contributed by atoms with Gasteiger partial charge in [-0.2, -0.15) is 0 Å². The molecule has 126 valence electrons. The van der Waals surface area contributed by atoms with Crippen LogP contribution in [0.5, 0.6) is 0 Å². The maximum Gasteiger partial charge on any atom is 0.313 e. The van der Waals surface area contributed by atoms with Gasteiger partial charge in [0.2, 0.25) is 0 Å². The quantitative estimate of drug-likeness (QED) is 0.738. The summed E-state index contributed by atoms with van der Waals surface area (Å²) in [7, 11) is 0. The van der Waals surface area contributed by atoms with Crippen molar-refractivity contribution in [3.05, 3.63) is 29.6 Å². The van der Waals surface area contributed by atoms with Gasteiger partial charge in [0.1, 0.15) is 11.5 Å². The monoisotopic (exact) mass is 330 g/mol. The summed E-state index contributed by atoms with van der Waals surface area (Å²) in [6.07, 6.45) is 3.12. The molecule has 5 nitrogen and oxygen atoms in total. The predicted octanol–water partition coefficient (Wildman–Crippen LogP) is 1.71. The first-order valence-corrected chi connectivity index (χ1v) is 7.29. The number of carbonyl (C=O) groups excluding carboxylic acids is 2. The molecule has 0 spiro atoms. The fraction of sp³-hybridized carbons (Fsp3) is 0.467. The van der Waals surface area contributed by atoms with Crippen LogP contribution in [0.1, 0.15) is 25.7 Å². The molecule has 1 aliphatic rings. The summed E-state index contributed by atoms with van der Waals surface area (Å²) in [5, 5.41) is 13.5. The number of nitrogens with one attached hydrogen (secondary N) is 2. The molecule has 0 heterocycles. The molecule has 1 aromatic carbocycles. The molecule has 1 aliphatic carbocycles. The van der Waals surface area contributed by atoms with Crippen LogP contribution < -0.4 is 10.6 Å². The summed E-state index contributed by atoms with van der Waals surface area (Å²) < 4.78 is 39.7. The van der Waals surface area contributed by atoms with E-state index in [1.165, 1.54) is 0 Å². The highest BCUT2D eigenvalue weighted by molar-refractivity contribution is 6.39. The Morgan fingerprint density at radius 3 is 2.30 bits per heavy atom. The second kappa shape index (κ2) is 7.45.